The Bertz CT molecular complexity index is 506. The van der Waals surface area contributed by atoms with Crippen LogP contribution in [-0.4, -0.2) is 26.7 Å². The van der Waals surface area contributed by atoms with Crippen LogP contribution in [0.15, 0.2) is 18.2 Å². The van der Waals surface area contributed by atoms with Gasteiger partial charge in [-0.1, -0.05) is 26.8 Å². The minimum atomic E-state index is -0.0332. The molecule has 1 aliphatic heterocycles. The van der Waals surface area contributed by atoms with E-state index in [2.05, 4.69) is 5.43 Å². The predicted octanol–water partition coefficient (Wildman–Crippen LogP) is 2.38. The first-order chi connectivity index (χ1) is 9.28. The highest BCUT2D eigenvalue weighted by molar-refractivity contribution is 5.84. The van der Waals surface area contributed by atoms with Gasteiger partial charge < -0.3 is 9.64 Å². The number of rotatable bonds is 3. The van der Waals surface area contributed by atoms with Crippen molar-refractivity contribution in [3.05, 3.63) is 18.2 Å². The summed E-state index contributed by atoms with van der Waals surface area (Å²) >= 11 is 0. The van der Waals surface area contributed by atoms with Gasteiger partial charge in [-0.25, -0.2) is 5.01 Å². The van der Waals surface area contributed by atoms with E-state index in [9.17, 15) is 4.79 Å². The van der Waals surface area contributed by atoms with Gasteiger partial charge in [0.05, 0.1) is 5.69 Å². The molecule has 1 heterocycles. The summed E-state index contributed by atoms with van der Waals surface area (Å²) in [6.07, 6.45) is 0.475. The number of anilines is 2. The lowest BCUT2D eigenvalue weighted by molar-refractivity contribution is -0.123. The number of hydrogen-bond acceptors (Lipinski definition) is 4. The van der Waals surface area contributed by atoms with Gasteiger partial charge in [0.15, 0.2) is 6.73 Å². The monoisotopic (exact) mass is 277 g/mol. The summed E-state index contributed by atoms with van der Waals surface area (Å²) < 4.78 is 5.62. The van der Waals surface area contributed by atoms with E-state index in [4.69, 9.17) is 4.74 Å². The van der Waals surface area contributed by atoms with E-state index in [-0.39, 0.29) is 11.3 Å². The van der Waals surface area contributed by atoms with Crippen molar-refractivity contribution < 1.29 is 9.53 Å². The maximum absolute atomic E-state index is 12.1. The normalized spacial score (nSPS) is 13.8. The number of ether oxygens (including phenoxy) is 1. The lowest BCUT2D eigenvalue weighted by Gasteiger charge is -2.25. The average Bonchev–Trinajstić information content (AvgIpc) is 2.69. The number of nitrogens with zero attached hydrogens (tertiary/aromatic N) is 2. The molecule has 5 heteroatoms. The van der Waals surface area contributed by atoms with Gasteiger partial charge in [-0.15, -0.1) is 0 Å². The van der Waals surface area contributed by atoms with Crippen LogP contribution in [0.5, 0.6) is 5.75 Å². The number of amides is 1. The first kappa shape index (κ1) is 14.5. The van der Waals surface area contributed by atoms with Crippen LogP contribution < -0.4 is 20.1 Å². The molecule has 0 fully saturated rings. The van der Waals surface area contributed by atoms with E-state index in [1.54, 1.807) is 5.01 Å². The van der Waals surface area contributed by atoms with Crippen LogP contribution >= 0.6 is 0 Å². The van der Waals surface area contributed by atoms with Crippen molar-refractivity contribution in [2.45, 2.75) is 27.2 Å². The van der Waals surface area contributed by atoms with Gasteiger partial charge in [-0.2, -0.15) is 0 Å². The number of hydrazine groups is 1. The molecule has 0 bridgehead atoms. The molecule has 5 nitrogen and oxygen atoms in total. The third kappa shape index (κ3) is 3.15. The summed E-state index contributed by atoms with van der Waals surface area (Å²) in [5.74, 6) is 0.801. The maximum Gasteiger partial charge on any atom is 0.239 e. The van der Waals surface area contributed by atoms with Crippen LogP contribution in [-0.2, 0) is 4.79 Å². The van der Waals surface area contributed by atoms with Gasteiger partial charge in [0.25, 0.3) is 0 Å². The van der Waals surface area contributed by atoms with Crippen molar-refractivity contribution in [2.24, 2.45) is 5.41 Å². The molecule has 0 unspecified atom stereocenters. The van der Waals surface area contributed by atoms with Crippen molar-refractivity contribution >= 4 is 17.3 Å². The summed E-state index contributed by atoms with van der Waals surface area (Å²) in [4.78, 5) is 14.1. The second-order valence-corrected chi connectivity index (χ2v) is 6.49. The molecule has 0 radical (unpaired) electrons. The van der Waals surface area contributed by atoms with Crippen LogP contribution in [0, 0.1) is 5.41 Å². The second kappa shape index (κ2) is 5.23. The molecule has 1 aliphatic rings. The molecule has 0 atom stereocenters. The Balaban J connectivity index is 2.17. The molecule has 0 aromatic heterocycles. The first-order valence-electron chi connectivity index (χ1n) is 6.78. The van der Waals surface area contributed by atoms with Crippen molar-refractivity contribution in [3.63, 3.8) is 0 Å². The predicted molar refractivity (Wildman–Crippen MR) is 81.0 cm³/mol. The molecule has 2 rings (SSSR count). The number of nitrogens with one attached hydrogen (secondary N) is 1. The molecule has 0 spiro atoms. The number of carbonyl (C=O) groups excluding carboxylic acids is 1. The van der Waals surface area contributed by atoms with Crippen molar-refractivity contribution in [3.8, 4) is 5.75 Å². The zero-order valence-corrected chi connectivity index (χ0v) is 12.9. The van der Waals surface area contributed by atoms with Crippen LogP contribution in [0.3, 0.4) is 0 Å². The van der Waals surface area contributed by atoms with E-state index < -0.39 is 0 Å². The van der Waals surface area contributed by atoms with Crippen molar-refractivity contribution in [1.29, 1.82) is 0 Å². The summed E-state index contributed by atoms with van der Waals surface area (Å²) in [5.41, 5.74) is 4.84. The molecule has 1 aromatic rings. The van der Waals surface area contributed by atoms with Gasteiger partial charge in [-0.3, -0.25) is 10.2 Å². The quantitative estimate of drug-likeness (QED) is 0.921. The van der Waals surface area contributed by atoms with E-state index in [1.165, 1.54) is 0 Å². The molecule has 0 saturated carbocycles. The fraction of sp³-hybridized carbons (Fsp3) is 0.533. The minimum absolute atomic E-state index is 0.00232. The minimum Gasteiger partial charge on any atom is -0.469 e. The average molecular weight is 277 g/mol. The van der Waals surface area contributed by atoms with Gasteiger partial charge in [-0.05, 0) is 17.5 Å². The number of benzene rings is 1. The van der Waals surface area contributed by atoms with E-state index in [0.717, 1.165) is 17.1 Å². The SMILES string of the molecule is CN(C)c1cccc2c1N(NC(=O)CC(C)(C)C)CO2. The van der Waals surface area contributed by atoms with Crippen LogP contribution in [0.25, 0.3) is 0 Å². The van der Waals surface area contributed by atoms with E-state index in [0.29, 0.717) is 13.2 Å². The molecule has 110 valence electrons. The Morgan fingerprint density at radius 1 is 1.40 bits per heavy atom. The van der Waals surface area contributed by atoms with Crippen molar-refractivity contribution in [2.75, 3.05) is 30.7 Å². The van der Waals surface area contributed by atoms with Crippen LogP contribution in [0.4, 0.5) is 11.4 Å². The number of hydrogen-bond donors (Lipinski definition) is 1. The lowest BCUT2D eigenvalue weighted by atomic mass is 9.92. The lowest BCUT2D eigenvalue weighted by Crippen LogP contribution is -2.43. The molecule has 1 aromatic carbocycles. The highest BCUT2D eigenvalue weighted by Crippen LogP contribution is 2.40. The Hall–Kier alpha value is -1.91. The van der Waals surface area contributed by atoms with Gasteiger partial charge in [0, 0.05) is 20.5 Å². The smallest absolute Gasteiger partial charge is 0.239 e. The van der Waals surface area contributed by atoms with Gasteiger partial charge in [0.1, 0.15) is 11.4 Å². The zero-order chi connectivity index (χ0) is 14.9. The van der Waals surface area contributed by atoms with E-state index >= 15 is 0 Å². The third-order valence-electron chi connectivity index (χ3n) is 3.03. The highest BCUT2D eigenvalue weighted by Gasteiger charge is 2.27. The van der Waals surface area contributed by atoms with Crippen molar-refractivity contribution in [1.82, 2.24) is 5.43 Å². The van der Waals surface area contributed by atoms with Crippen LogP contribution in [0.2, 0.25) is 0 Å². The Kier molecular flexibility index (Phi) is 3.79. The molecule has 0 aliphatic carbocycles. The second-order valence-electron chi connectivity index (χ2n) is 6.49. The van der Waals surface area contributed by atoms with Gasteiger partial charge in [0.2, 0.25) is 5.91 Å². The fourth-order valence-electron chi connectivity index (χ4n) is 2.22. The maximum atomic E-state index is 12.1. The highest BCUT2D eigenvalue weighted by atomic mass is 16.5. The third-order valence-corrected chi connectivity index (χ3v) is 3.03. The fourth-order valence-corrected chi connectivity index (χ4v) is 2.22. The molecule has 0 saturated heterocycles. The summed E-state index contributed by atoms with van der Waals surface area (Å²) in [5, 5.41) is 1.78. The number of para-hydroxylation sites is 1. The standard InChI is InChI=1S/C15H23N3O2/c1-15(2,3)9-13(19)16-18-10-20-12-8-6-7-11(14(12)18)17(4)5/h6-8H,9-10H2,1-5H3,(H,16,19). The molecule has 1 amide bonds. The topological polar surface area (TPSA) is 44.8 Å². The number of carbonyl (C=O) groups is 1. The van der Waals surface area contributed by atoms with Crippen LogP contribution in [0.1, 0.15) is 27.2 Å². The molecular formula is C15H23N3O2. The number of fused-ring (bicyclic) bond motifs is 1. The summed E-state index contributed by atoms with van der Waals surface area (Å²) in [6.45, 7) is 6.49. The Morgan fingerprint density at radius 2 is 2.10 bits per heavy atom. The Labute approximate surface area is 120 Å². The molecular weight excluding hydrogens is 254 g/mol. The first-order valence-corrected chi connectivity index (χ1v) is 6.78. The Morgan fingerprint density at radius 3 is 2.70 bits per heavy atom. The molecule has 1 N–H and O–H groups in total. The largest absolute Gasteiger partial charge is 0.469 e. The summed E-state index contributed by atoms with van der Waals surface area (Å²) in [7, 11) is 3.95. The van der Waals surface area contributed by atoms with E-state index in [1.807, 2.05) is 58.0 Å². The van der Waals surface area contributed by atoms with Gasteiger partial charge >= 0.3 is 0 Å². The zero-order valence-electron chi connectivity index (χ0n) is 12.9. The summed E-state index contributed by atoms with van der Waals surface area (Å²) in [6, 6.07) is 5.88. The molecule has 20 heavy (non-hydrogen) atoms.